The van der Waals surface area contributed by atoms with E-state index in [0.29, 0.717) is 17.5 Å². The van der Waals surface area contributed by atoms with E-state index in [0.717, 1.165) is 25.5 Å². The molecule has 0 aliphatic carbocycles. The topological polar surface area (TPSA) is 67.5 Å². The maximum absolute atomic E-state index is 6.21. The summed E-state index contributed by atoms with van der Waals surface area (Å²) in [6, 6.07) is 0. The summed E-state index contributed by atoms with van der Waals surface area (Å²) in [5.41, 5.74) is 6.73. The fourth-order valence-electron chi connectivity index (χ4n) is 1.99. The van der Waals surface area contributed by atoms with Gasteiger partial charge in [0.15, 0.2) is 5.82 Å². The SMILES string of the molecule is CC(C)CN(CCN(C)C)c1ncnc(OC(C)C)c1N. The van der Waals surface area contributed by atoms with Gasteiger partial charge >= 0.3 is 0 Å². The van der Waals surface area contributed by atoms with Crippen LogP contribution < -0.4 is 15.4 Å². The first-order valence-corrected chi connectivity index (χ1v) is 7.48. The first kappa shape index (κ1) is 17.5. The van der Waals surface area contributed by atoms with Gasteiger partial charge in [-0.2, -0.15) is 4.98 Å². The minimum absolute atomic E-state index is 0.0374. The van der Waals surface area contributed by atoms with Crippen LogP contribution in [-0.2, 0) is 0 Å². The lowest BCUT2D eigenvalue weighted by molar-refractivity contribution is 0.234. The molecule has 0 atom stereocenters. The molecular weight excluding hydrogens is 266 g/mol. The quantitative estimate of drug-likeness (QED) is 0.789. The van der Waals surface area contributed by atoms with Crippen LogP contribution in [0.15, 0.2) is 6.33 Å². The number of ether oxygens (including phenoxy) is 1. The molecular formula is C15H29N5O. The number of hydrogen-bond acceptors (Lipinski definition) is 6. The number of likely N-dealkylation sites (N-methyl/N-ethyl adjacent to an activating group) is 1. The van der Waals surface area contributed by atoms with E-state index >= 15 is 0 Å². The van der Waals surface area contributed by atoms with E-state index in [1.54, 1.807) is 0 Å². The molecule has 1 heterocycles. The Balaban J connectivity index is 3.00. The Morgan fingerprint density at radius 1 is 1.14 bits per heavy atom. The van der Waals surface area contributed by atoms with Crippen LogP contribution in [0.25, 0.3) is 0 Å². The summed E-state index contributed by atoms with van der Waals surface area (Å²) in [6.07, 6.45) is 1.56. The van der Waals surface area contributed by atoms with E-state index < -0.39 is 0 Å². The molecule has 0 amide bonds. The molecule has 21 heavy (non-hydrogen) atoms. The largest absolute Gasteiger partial charge is 0.473 e. The maximum Gasteiger partial charge on any atom is 0.242 e. The molecule has 0 saturated heterocycles. The van der Waals surface area contributed by atoms with E-state index in [9.17, 15) is 0 Å². The average Bonchev–Trinajstić information content (AvgIpc) is 2.36. The molecule has 120 valence electrons. The number of nitrogen functional groups attached to an aromatic ring is 1. The normalized spacial score (nSPS) is 11.5. The van der Waals surface area contributed by atoms with Crippen molar-refractivity contribution >= 4 is 11.5 Å². The van der Waals surface area contributed by atoms with Crippen molar-refractivity contribution in [2.45, 2.75) is 33.8 Å². The Morgan fingerprint density at radius 2 is 1.81 bits per heavy atom. The van der Waals surface area contributed by atoms with Gasteiger partial charge in [0.2, 0.25) is 5.88 Å². The third-order valence-corrected chi connectivity index (χ3v) is 2.88. The van der Waals surface area contributed by atoms with E-state index in [-0.39, 0.29) is 6.10 Å². The van der Waals surface area contributed by atoms with Crippen LogP contribution in [0.2, 0.25) is 0 Å². The molecule has 6 nitrogen and oxygen atoms in total. The molecule has 0 spiro atoms. The van der Waals surface area contributed by atoms with E-state index in [4.69, 9.17) is 10.5 Å². The van der Waals surface area contributed by atoms with Gasteiger partial charge in [-0.1, -0.05) is 13.8 Å². The van der Waals surface area contributed by atoms with Crippen molar-refractivity contribution in [3.8, 4) is 5.88 Å². The fourth-order valence-corrected chi connectivity index (χ4v) is 1.99. The molecule has 0 aliphatic rings. The second-order valence-corrected chi connectivity index (χ2v) is 6.23. The van der Waals surface area contributed by atoms with Crippen molar-refractivity contribution in [1.29, 1.82) is 0 Å². The number of rotatable bonds is 8. The second kappa shape index (κ2) is 8.02. The highest BCUT2D eigenvalue weighted by Gasteiger charge is 2.17. The lowest BCUT2D eigenvalue weighted by Gasteiger charge is -2.28. The maximum atomic E-state index is 6.21. The van der Waals surface area contributed by atoms with E-state index in [2.05, 4.69) is 47.7 Å². The smallest absolute Gasteiger partial charge is 0.242 e. The molecule has 0 unspecified atom stereocenters. The number of nitrogens with two attached hydrogens (primary N) is 1. The Labute approximate surface area is 128 Å². The zero-order chi connectivity index (χ0) is 16.0. The van der Waals surface area contributed by atoms with Crippen molar-refractivity contribution in [3.05, 3.63) is 6.33 Å². The fraction of sp³-hybridized carbons (Fsp3) is 0.733. The summed E-state index contributed by atoms with van der Waals surface area (Å²) in [5.74, 6) is 1.75. The van der Waals surface area contributed by atoms with Gasteiger partial charge < -0.3 is 20.3 Å². The zero-order valence-corrected chi connectivity index (χ0v) is 14.1. The van der Waals surface area contributed by atoms with Crippen LogP contribution >= 0.6 is 0 Å². The highest BCUT2D eigenvalue weighted by Crippen LogP contribution is 2.28. The first-order valence-electron chi connectivity index (χ1n) is 7.48. The highest BCUT2D eigenvalue weighted by atomic mass is 16.5. The standard InChI is InChI=1S/C15H29N5O/c1-11(2)9-20(8-7-19(5)6)14-13(16)15(18-10-17-14)21-12(3)4/h10-12H,7-9,16H2,1-6H3. The predicted octanol–water partition coefficient (Wildman–Crippen LogP) is 1.87. The average molecular weight is 295 g/mol. The number of aromatic nitrogens is 2. The third kappa shape index (κ3) is 5.75. The molecule has 6 heteroatoms. The molecule has 0 aliphatic heterocycles. The number of anilines is 2. The summed E-state index contributed by atoms with van der Waals surface area (Å²) in [4.78, 5) is 12.9. The molecule has 0 radical (unpaired) electrons. The Kier molecular flexibility index (Phi) is 6.68. The Bertz CT molecular complexity index is 434. The molecule has 0 bridgehead atoms. The minimum atomic E-state index is 0.0374. The van der Waals surface area contributed by atoms with Gasteiger partial charge in [-0.25, -0.2) is 4.98 Å². The molecule has 2 N–H and O–H groups in total. The van der Waals surface area contributed by atoms with Crippen LogP contribution in [0.1, 0.15) is 27.7 Å². The molecule has 1 aromatic rings. The van der Waals surface area contributed by atoms with Crippen molar-refractivity contribution < 1.29 is 4.74 Å². The molecule has 0 fully saturated rings. The number of nitrogens with zero attached hydrogens (tertiary/aromatic N) is 4. The second-order valence-electron chi connectivity index (χ2n) is 6.23. The van der Waals surface area contributed by atoms with Gasteiger partial charge in [0.05, 0.1) is 6.10 Å². The molecule has 0 saturated carbocycles. The van der Waals surface area contributed by atoms with Gasteiger partial charge in [-0.15, -0.1) is 0 Å². The minimum Gasteiger partial charge on any atom is -0.473 e. The molecule has 0 aromatic carbocycles. The summed E-state index contributed by atoms with van der Waals surface area (Å²) in [6.45, 7) is 11.0. The Hall–Kier alpha value is -1.56. The molecule has 1 aromatic heterocycles. The van der Waals surface area contributed by atoms with Gasteiger partial charge in [0.25, 0.3) is 0 Å². The van der Waals surface area contributed by atoms with Crippen LogP contribution in [0.4, 0.5) is 11.5 Å². The first-order chi connectivity index (χ1) is 9.81. The lowest BCUT2D eigenvalue weighted by Crippen LogP contribution is -2.35. The third-order valence-electron chi connectivity index (χ3n) is 2.88. The van der Waals surface area contributed by atoms with Gasteiger partial charge in [-0.3, -0.25) is 0 Å². The van der Waals surface area contributed by atoms with Crippen LogP contribution in [0.3, 0.4) is 0 Å². The summed E-state index contributed by atoms with van der Waals surface area (Å²) >= 11 is 0. The van der Waals surface area contributed by atoms with Crippen LogP contribution in [0.5, 0.6) is 5.88 Å². The monoisotopic (exact) mass is 295 g/mol. The van der Waals surface area contributed by atoms with E-state index in [1.165, 1.54) is 6.33 Å². The lowest BCUT2D eigenvalue weighted by atomic mass is 10.2. The van der Waals surface area contributed by atoms with Crippen molar-refractivity contribution in [2.75, 3.05) is 44.4 Å². The number of hydrogen-bond donors (Lipinski definition) is 1. The summed E-state index contributed by atoms with van der Waals surface area (Å²) in [5, 5.41) is 0. The van der Waals surface area contributed by atoms with Crippen molar-refractivity contribution in [3.63, 3.8) is 0 Å². The van der Waals surface area contributed by atoms with Gasteiger partial charge in [-0.05, 0) is 33.9 Å². The summed E-state index contributed by atoms with van der Waals surface area (Å²) < 4.78 is 5.65. The highest BCUT2D eigenvalue weighted by molar-refractivity contribution is 5.67. The van der Waals surface area contributed by atoms with Crippen LogP contribution in [0, 0.1) is 5.92 Å². The van der Waals surface area contributed by atoms with Gasteiger partial charge in [0.1, 0.15) is 12.0 Å². The Morgan fingerprint density at radius 3 is 2.33 bits per heavy atom. The van der Waals surface area contributed by atoms with Crippen molar-refractivity contribution in [2.24, 2.45) is 5.92 Å². The molecule has 1 rings (SSSR count). The zero-order valence-electron chi connectivity index (χ0n) is 14.1. The van der Waals surface area contributed by atoms with E-state index in [1.807, 2.05) is 13.8 Å². The summed E-state index contributed by atoms with van der Waals surface area (Å²) in [7, 11) is 4.12. The van der Waals surface area contributed by atoms with Crippen LogP contribution in [-0.4, -0.2) is 54.7 Å². The predicted molar refractivity (Wildman–Crippen MR) is 87.8 cm³/mol. The van der Waals surface area contributed by atoms with Crippen molar-refractivity contribution in [1.82, 2.24) is 14.9 Å². The van der Waals surface area contributed by atoms with Gasteiger partial charge in [0, 0.05) is 19.6 Å².